The van der Waals surface area contributed by atoms with Gasteiger partial charge in [-0.25, -0.2) is 9.99 Å². The minimum Gasteiger partial charge on any atom is -0.497 e. The second-order valence-electron chi connectivity index (χ2n) is 7.56. The zero-order chi connectivity index (χ0) is 23.5. The van der Waals surface area contributed by atoms with Gasteiger partial charge < -0.3 is 14.6 Å². The number of nitrogens with zero attached hydrogens (tertiary/aromatic N) is 3. The van der Waals surface area contributed by atoms with Gasteiger partial charge in [0.05, 0.1) is 37.9 Å². The van der Waals surface area contributed by atoms with Crippen LogP contribution in [0.25, 0.3) is 10.9 Å². The summed E-state index contributed by atoms with van der Waals surface area (Å²) in [5, 5.41) is 16.0. The molecule has 170 valence electrons. The number of benzene rings is 2. The molecule has 3 aromatic rings. The summed E-state index contributed by atoms with van der Waals surface area (Å²) in [5.74, 6) is -0.109. The molecule has 1 aliphatic heterocycles. The number of hydrazone groups is 1. The van der Waals surface area contributed by atoms with E-state index in [2.05, 4.69) is 10.1 Å². The fraction of sp³-hybridized carbons (Fsp3) is 0.250. The van der Waals surface area contributed by atoms with Crippen LogP contribution >= 0.6 is 11.6 Å². The van der Waals surface area contributed by atoms with Crippen LogP contribution in [0.2, 0.25) is 5.15 Å². The number of carboxylic acid groups (broad SMARTS) is 1. The lowest BCUT2D eigenvalue weighted by Crippen LogP contribution is -2.27. The van der Waals surface area contributed by atoms with E-state index in [-0.39, 0.29) is 18.0 Å². The highest BCUT2D eigenvalue weighted by Crippen LogP contribution is 2.38. The lowest BCUT2D eigenvalue weighted by molar-refractivity contribution is -0.141. The van der Waals surface area contributed by atoms with Crippen LogP contribution in [-0.2, 0) is 9.59 Å². The molecule has 0 saturated heterocycles. The quantitative estimate of drug-likeness (QED) is 0.515. The Bertz CT molecular complexity index is 1260. The van der Waals surface area contributed by atoms with E-state index >= 15 is 0 Å². The number of fused-ring (bicyclic) bond motifs is 1. The van der Waals surface area contributed by atoms with Gasteiger partial charge in [0.15, 0.2) is 0 Å². The molecule has 2 aromatic carbocycles. The van der Waals surface area contributed by atoms with Crippen molar-refractivity contribution >= 4 is 40.1 Å². The van der Waals surface area contributed by atoms with E-state index < -0.39 is 17.9 Å². The maximum atomic E-state index is 13.0. The van der Waals surface area contributed by atoms with Gasteiger partial charge in [-0.1, -0.05) is 23.7 Å². The third-order valence-electron chi connectivity index (χ3n) is 5.48. The van der Waals surface area contributed by atoms with Gasteiger partial charge in [0, 0.05) is 29.4 Å². The molecule has 1 unspecified atom stereocenters. The molecule has 0 bridgehead atoms. The first kappa shape index (κ1) is 22.5. The fourth-order valence-electron chi connectivity index (χ4n) is 3.80. The lowest BCUT2D eigenvalue weighted by Gasteiger charge is -2.23. The van der Waals surface area contributed by atoms with Gasteiger partial charge >= 0.3 is 5.97 Å². The summed E-state index contributed by atoms with van der Waals surface area (Å²) in [4.78, 5) is 28.5. The molecule has 1 aliphatic rings. The Balaban J connectivity index is 1.75. The van der Waals surface area contributed by atoms with Gasteiger partial charge in [-0.3, -0.25) is 9.59 Å². The van der Waals surface area contributed by atoms with E-state index in [0.717, 1.165) is 10.9 Å². The number of aromatic nitrogens is 1. The van der Waals surface area contributed by atoms with Crippen LogP contribution in [0.15, 0.2) is 53.6 Å². The first-order valence-electron chi connectivity index (χ1n) is 10.3. The van der Waals surface area contributed by atoms with Crippen LogP contribution in [0.5, 0.6) is 11.5 Å². The molecule has 0 radical (unpaired) electrons. The summed E-state index contributed by atoms with van der Waals surface area (Å²) in [6.07, 6.45) is -0.0665. The summed E-state index contributed by atoms with van der Waals surface area (Å²) in [6.45, 7) is 0. The number of hydrogen-bond donors (Lipinski definition) is 1. The van der Waals surface area contributed by atoms with Gasteiger partial charge in [-0.05, 0) is 36.4 Å². The third kappa shape index (κ3) is 4.75. The van der Waals surface area contributed by atoms with E-state index in [1.807, 2.05) is 42.5 Å². The molecule has 1 amide bonds. The van der Waals surface area contributed by atoms with Crippen LogP contribution in [-0.4, -0.2) is 46.9 Å². The molecule has 0 aliphatic carbocycles. The molecule has 1 atom stereocenters. The van der Waals surface area contributed by atoms with Crippen molar-refractivity contribution in [2.75, 3.05) is 14.2 Å². The molecule has 1 aromatic heterocycles. The number of pyridine rings is 1. The molecule has 0 fully saturated rings. The summed E-state index contributed by atoms with van der Waals surface area (Å²) in [7, 11) is 3.16. The molecule has 0 spiro atoms. The predicted molar refractivity (Wildman–Crippen MR) is 124 cm³/mol. The van der Waals surface area contributed by atoms with E-state index in [1.54, 1.807) is 20.3 Å². The van der Waals surface area contributed by atoms with Gasteiger partial charge in [-0.2, -0.15) is 5.10 Å². The highest BCUT2D eigenvalue weighted by atomic mass is 35.5. The van der Waals surface area contributed by atoms with Gasteiger partial charge in [0.1, 0.15) is 16.7 Å². The maximum absolute atomic E-state index is 13.0. The molecule has 4 rings (SSSR count). The number of ether oxygens (including phenoxy) is 2. The highest BCUT2D eigenvalue weighted by molar-refractivity contribution is 6.30. The predicted octanol–water partition coefficient (Wildman–Crippen LogP) is 4.45. The molecule has 33 heavy (non-hydrogen) atoms. The average molecular weight is 468 g/mol. The minimum absolute atomic E-state index is 0.173. The van der Waals surface area contributed by atoms with Crippen LogP contribution < -0.4 is 9.47 Å². The molecule has 2 heterocycles. The fourth-order valence-corrected chi connectivity index (χ4v) is 4.07. The van der Waals surface area contributed by atoms with Gasteiger partial charge in [0.2, 0.25) is 5.91 Å². The molecular formula is C24H22ClN3O5. The van der Waals surface area contributed by atoms with Crippen molar-refractivity contribution in [1.29, 1.82) is 0 Å². The number of amides is 1. The molecule has 8 nitrogen and oxygen atoms in total. The van der Waals surface area contributed by atoms with Crippen molar-refractivity contribution in [3.63, 3.8) is 0 Å². The number of methoxy groups -OCH3 is 2. The summed E-state index contributed by atoms with van der Waals surface area (Å²) < 4.78 is 10.6. The summed E-state index contributed by atoms with van der Waals surface area (Å²) >= 11 is 6.55. The van der Waals surface area contributed by atoms with Crippen LogP contribution in [0.3, 0.4) is 0 Å². The van der Waals surface area contributed by atoms with Crippen LogP contribution in [0, 0.1) is 0 Å². The largest absolute Gasteiger partial charge is 0.497 e. The molecule has 0 saturated carbocycles. The Morgan fingerprint density at radius 2 is 1.85 bits per heavy atom. The summed E-state index contributed by atoms with van der Waals surface area (Å²) in [6, 6.07) is 14.2. The Kier molecular flexibility index (Phi) is 6.46. The van der Waals surface area contributed by atoms with Crippen molar-refractivity contribution in [3.05, 3.63) is 64.8 Å². The Morgan fingerprint density at radius 1 is 1.09 bits per heavy atom. The zero-order valence-corrected chi connectivity index (χ0v) is 18.9. The van der Waals surface area contributed by atoms with Crippen molar-refractivity contribution in [1.82, 2.24) is 9.99 Å². The Morgan fingerprint density at radius 3 is 2.58 bits per heavy atom. The molecule has 1 N–H and O–H groups in total. The normalized spacial score (nSPS) is 15.4. The summed E-state index contributed by atoms with van der Waals surface area (Å²) in [5.41, 5.74) is 2.80. The highest BCUT2D eigenvalue weighted by Gasteiger charge is 2.35. The van der Waals surface area contributed by atoms with E-state index in [4.69, 9.17) is 26.2 Å². The number of halogens is 1. The van der Waals surface area contributed by atoms with E-state index in [9.17, 15) is 9.59 Å². The minimum atomic E-state index is -1.05. The number of carboxylic acids is 1. The number of carbonyl (C=O) groups is 2. The Hall–Kier alpha value is -3.65. The number of hydrogen-bond acceptors (Lipinski definition) is 6. The standard InChI is InChI=1S/C24H22ClN3O5/c1-32-16-5-3-4-14(10-16)20-13-21(28(27-20)22(29)8-9-23(30)31)18-12-15-11-17(33-2)6-7-19(15)26-24(18)25/h3-7,10-12,21H,8-9,13H2,1-2H3,(H,30,31). The number of aliphatic carboxylic acids is 1. The smallest absolute Gasteiger partial charge is 0.303 e. The second kappa shape index (κ2) is 9.46. The van der Waals surface area contributed by atoms with E-state index in [1.165, 1.54) is 5.01 Å². The van der Waals surface area contributed by atoms with Crippen molar-refractivity contribution in [2.45, 2.75) is 25.3 Å². The third-order valence-corrected chi connectivity index (χ3v) is 5.79. The average Bonchev–Trinajstić information content (AvgIpc) is 3.27. The lowest BCUT2D eigenvalue weighted by atomic mass is 9.98. The van der Waals surface area contributed by atoms with Crippen LogP contribution in [0.4, 0.5) is 0 Å². The second-order valence-corrected chi connectivity index (χ2v) is 7.92. The topological polar surface area (TPSA) is 101 Å². The van der Waals surface area contributed by atoms with E-state index in [0.29, 0.717) is 34.7 Å². The maximum Gasteiger partial charge on any atom is 0.303 e. The van der Waals surface area contributed by atoms with Gasteiger partial charge in [-0.15, -0.1) is 0 Å². The van der Waals surface area contributed by atoms with Crippen LogP contribution in [0.1, 0.15) is 36.4 Å². The van der Waals surface area contributed by atoms with Crippen molar-refractivity contribution in [3.8, 4) is 11.5 Å². The first-order chi connectivity index (χ1) is 15.9. The number of rotatable bonds is 7. The first-order valence-corrected chi connectivity index (χ1v) is 10.7. The SMILES string of the molecule is COc1cccc(C2=NN(C(=O)CCC(=O)O)C(c3cc4cc(OC)ccc4nc3Cl)C2)c1. The number of carbonyl (C=O) groups excluding carboxylic acids is 1. The zero-order valence-electron chi connectivity index (χ0n) is 18.1. The Labute approximate surface area is 195 Å². The molecular weight excluding hydrogens is 446 g/mol. The molecule has 9 heteroatoms. The van der Waals surface area contributed by atoms with Crippen molar-refractivity contribution < 1.29 is 24.2 Å². The monoisotopic (exact) mass is 467 g/mol. The van der Waals surface area contributed by atoms with Gasteiger partial charge in [0.25, 0.3) is 0 Å². The van der Waals surface area contributed by atoms with Crippen molar-refractivity contribution in [2.24, 2.45) is 5.10 Å².